The maximum atomic E-state index is 12.0. The minimum atomic E-state index is -0.835. The quantitative estimate of drug-likeness (QED) is 0.411. The van der Waals surface area contributed by atoms with Crippen LogP contribution >= 0.6 is 15.9 Å². The third-order valence-electron chi connectivity index (χ3n) is 10.0. The van der Waals surface area contributed by atoms with Gasteiger partial charge in [0.1, 0.15) is 18.0 Å². The van der Waals surface area contributed by atoms with Crippen LogP contribution in [0, 0.1) is 28.6 Å². The van der Waals surface area contributed by atoms with E-state index in [1.54, 1.807) is 0 Å². The molecule has 1 N–H and O–H groups in total. The first kappa shape index (κ1) is 22.7. The summed E-state index contributed by atoms with van der Waals surface area (Å²) in [5, 5.41) is 12.0. The molecule has 1 aromatic carbocycles. The second-order valence-corrected chi connectivity index (χ2v) is 12.5. The molecule has 0 amide bonds. The number of para-hydroxylation sites is 1. The molecule has 0 bridgehead atoms. The van der Waals surface area contributed by atoms with E-state index in [0.717, 1.165) is 44.3 Å². The average molecular weight is 505 g/mol. The first-order valence-electron chi connectivity index (χ1n) is 12.4. The van der Waals surface area contributed by atoms with Gasteiger partial charge in [0.2, 0.25) is 0 Å². The summed E-state index contributed by atoms with van der Waals surface area (Å²) in [5.74, 6) is 2.47. The van der Waals surface area contributed by atoms with Crippen molar-refractivity contribution in [3.63, 3.8) is 0 Å². The van der Waals surface area contributed by atoms with Gasteiger partial charge in [-0.2, -0.15) is 0 Å². The molecule has 0 aliphatic heterocycles. The van der Waals surface area contributed by atoms with E-state index in [4.69, 9.17) is 9.47 Å². The third kappa shape index (κ3) is 3.36. The standard InChI is InChI=1S/C27H37BrO4/c1-17(29)31-19-11-14-26(3)22-12-13-25(2)21(20(22)15-23(28)27(26,30)16-19)9-10-24(25)32-18-7-5-4-6-8-18/h4-8,19-24,30H,9-16H2,1-3H3/t19-,20+,21+,22+,23-,24+,25+,26-,27-/m1/s1. The van der Waals surface area contributed by atoms with Gasteiger partial charge >= 0.3 is 5.97 Å². The number of halogens is 1. The zero-order chi connectivity index (χ0) is 22.7. The van der Waals surface area contributed by atoms with E-state index in [1.807, 2.05) is 18.2 Å². The van der Waals surface area contributed by atoms with Crippen LogP contribution in [0.25, 0.3) is 0 Å². The number of alkyl halides is 1. The Morgan fingerprint density at radius 1 is 1.06 bits per heavy atom. The molecule has 0 radical (unpaired) electrons. The molecule has 4 fully saturated rings. The number of hydrogen-bond donors (Lipinski definition) is 1. The van der Waals surface area contributed by atoms with Crippen LogP contribution in [0.2, 0.25) is 0 Å². The summed E-state index contributed by atoms with van der Waals surface area (Å²) in [5.41, 5.74) is -0.802. The zero-order valence-corrected chi connectivity index (χ0v) is 21.1. The molecule has 4 aliphatic carbocycles. The lowest BCUT2D eigenvalue weighted by molar-refractivity contribution is -0.219. The molecule has 4 nitrogen and oxygen atoms in total. The molecule has 1 aromatic rings. The summed E-state index contributed by atoms with van der Waals surface area (Å²) in [7, 11) is 0. The van der Waals surface area contributed by atoms with Crippen LogP contribution in [0.4, 0.5) is 0 Å². The molecule has 5 rings (SSSR count). The predicted molar refractivity (Wildman–Crippen MR) is 128 cm³/mol. The highest BCUT2D eigenvalue weighted by Crippen LogP contribution is 2.68. The molecular formula is C27H37BrO4. The lowest BCUT2D eigenvalue weighted by atomic mass is 9.43. The first-order valence-corrected chi connectivity index (χ1v) is 13.3. The van der Waals surface area contributed by atoms with Crippen molar-refractivity contribution in [1.29, 1.82) is 0 Å². The van der Waals surface area contributed by atoms with Crippen molar-refractivity contribution in [2.45, 2.75) is 94.8 Å². The molecule has 0 spiro atoms. The summed E-state index contributed by atoms with van der Waals surface area (Å²) in [4.78, 5) is 11.6. The Hall–Kier alpha value is -1.07. The van der Waals surface area contributed by atoms with Gasteiger partial charge in [-0.25, -0.2) is 0 Å². The number of hydrogen-bond acceptors (Lipinski definition) is 4. The van der Waals surface area contributed by atoms with Crippen LogP contribution in [-0.2, 0) is 9.53 Å². The Labute approximate surface area is 200 Å². The first-order chi connectivity index (χ1) is 15.2. The molecule has 32 heavy (non-hydrogen) atoms. The van der Waals surface area contributed by atoms with Gasteiger partial charge in [0.05, 0.1) is 5.60 Å². The Morgan fingerprint density at radius 3 is 2.53 bits per heavy atom. The van der Waals surface area contributed by atoms with Crippen molar-refractivity contribution < 1.29 is 19.4 Å². The van der Waals surface area contributed by atoms with E-state index in [-0.39, 0.29) is 33.8 Å². The van der Waals surface area contributed by atoms with E-state index in [0.29, 0.717) is 24.2 Å². The van der Waals surface area contributed by atoms with E-state index in [9.17, 15) is 9.90 Å². The summed E-state index contributed by atoms with van der Waals surface area (Å²) in [6, 6.07) is 10.3. The fourth-order valence-electron chi connectivity index (χ4n) is 8.34. The second-order valence-electron chi connectivity index (χ2n) is 11.4. The number of carbonyl (C=O) groups is 1. The minimum absolute atomic E-state index is 0.0241. The maximum absolute atomic E-state index is 12.0. The Kier molecular flexibility index (Phi) is 5.68. The number of ether oxygens (including phenoxy) is 2. The van der Waals surface area contributed by atoms with Gasteiger partial charge in [-0.1, -0.05) is 48.0 Å². The van der Waals surface area contributed by atoms with Crippen molar-refractivity contribution in [3.8, 4) is 5.75 Å². The SMILES string of the molecule is CC(=O)O[C@@H]1CC[C@]2(C)[C@H]3CC[C@]4(C)[C@@H](Oc5ccccc5)CC[C@H]4[C@@H]3C[C@@H](Br)[C@]2(O)C1. The molecule has 0 heterocycles. The van der Waals surface area contributed by atoms with E-state index < -0.39 is 5.60 Å². The third-order valence-corrected chi connectivity index (χ3v) is 11.2. The van der Waals surface area contributed by atoms with Gasteiger partial charge in [-0.05, 0) is 74.8 Å². The largest absolute Gasteiger partial charge is 0.490 e. The van der Waals surface area contributed by atoms with Gasteiger partial charge in [-0.15, -0.1) is 0 Å². The van der Waals surface area contributed by atoms with Crippen LogP contribution < -0.4 is 4.74 Å². The number of carbonyl (C=O) groups excluding carboxylic acids is 1. The molecule has 5 heteroatoms. The van der Waals surface area contributed by atoms with E-state index in [2.05, 4.69) is 41.9 Å². The Morgan fingerprint density at radius 2 is 1.81 bits per heavy atom. The van der Waals surface area contributed by atoms with Gasteiger partial charge in [0, 0.05) is 29.0 Å². The number of fused-ring (bicyclic) bond motifs is 5. The number of rotatable bonds is 3. The summed E-state index contributed by atoms with van der Waals surface area (Å²) in [6.07, 6.45) is 8.00. The highest BCUT2D eigenvalue weighted by atomic mass is 79.9. The summed E-state index contributed by atoms with van der Waals surface area (Å²) >= 11 is 3.94. The summed E-state index contributed by atoms with van der Waals surface area (Å²) in [6.45, 7) is 6.24. The lowest BCUT2D eigenvalue weighted by Gasteiger charge is -2.65. The van der Waals surface area contributed by atoms with Crippen molar-refractivity contribution in [3.05, 3.63) is 30.3 Å². The van der Waals surface area contributed by atoms with E-state index >= 15 is 0 Å². The van der Waals surface area contributed by atoms with Crippen molar-refractivity contribution in [2.75, 3.05) is 0 Å². The lowest BCUT2D eigenvalue weighted by Crippen LogP contribution is -2.67. The topological polar surface area (TPSA) is 55.8 Å². The fourth-order valence-corrected chi connectivity index (χ4v) is 9.48. The Balaban J connectivity index is 1.39. The maximum Gasteiger partial charge on any atom is 0.302 e. The van der Waals surface area contributed by atoms with Crippen LogP contribution in [-0.4, -0.2) is 33.7 Å². The van der Waals surface area contributed by atoms with Gasteiger partial charge < -0.3 is 14.6 Å². The molecule has 176 valence electrons. The molecule has 0 unspecified atom stereocenters. The van der Waals surface area contributed by atoms with Gasteiger partial charge in [-0.3, -0.25) is 4.79 Å². The Bertz CT molecular complexity index is 860. The fraction of sp³-hybridized carbons (Fsp3) is 0.741. The number of aliphatic hydroxyl groups is 1. The number of esters is 1. The molecule has 4 saturated carbocycles. The van der Waals surface area contributed by atoms with E-state index in [1.165, 1.54) is 13.3 Å². The molecule has 9 atom stereocenters. The molecular weight excluding hydrogens is 468 g/mol. The van der Waals surface area contributed by atoms with Crippen LogP contribution in [0.1, 0.15) is 72.1 Å². The smallest absolute Gasteiger partial charge is 0.302 e. The van der Waals surface area contributed by atoms with Gasteiger partial charge in [0.15, 0.2) is 0 Å². The van der Waals surface area contributed by atoms with Gasteiger partial charge in [0.25, 0.3) is 0 Å². The monoisotopic (exact) mass is 504 g/mol. The van der Waals surface area contributed by atoms with Crippen LogP contribution in [0.15, 0.2) is 30.3 Å². The predicted octanol–water partition coefficient (Wildman–Crippen LogP) is 5.90. The van der Waals surface area contributed by atoms with Crippen molar-refractivity contribution >= 4 is 21.9 Å². The molecule has 0 aromatic heterocycles. The molecule has 4 aliphatic rings. The highest BCUT2D eigenvalue weighted by molar-refractivity contribution is 9.09. The zero-order valence-electron chi connectivity index (χ0n) is 19.6. The molecule has 0 saturated heterocycles. The summed E-state index contributed by atoms with van der Waals surface area (Å²) < 4.78 is 12.1. The van der Waals surface area contributed by atoms with Crippen molar-refractivity contribution in [2.24, 2.45) is 28.6 Å². The van der Waals surface area contributed by atoms with Crippen molar-refractivity contribution in [1.82, 2.24) is 0 Å². The second kappa shape index (κ2) is 8.01. The normalized spacial score (nSPS) is 47.7. The van der Waals surface area contributed by atoms with Crippen LogP contribution in [0.5, 0.6) is 5.75 Å². The average Bonchev–Trinajstić information content (AvgIpc) is 3.07. The highest BCUT2D eigenvalue weighted by Gasteiger charge is 2.67. The minimum Gasteiger partial charge on any atom is -0.490 e. The van der Waals surface area contributed by atoms with Crippen LogP contribution in [0.3, 0.4) is 0 Å². The number of benzene rings is 1.